The van der Waals surface area contributed by atoms with Gasteiger partial charge in [-0.05, 0) is 64.7 Å². The fraction of sp³-hybridized carbons (Fsp3) is 0. The van der Waals surface area contributed by atoms with Gasteiger partial charge >= 0.3 is 0 Å². The van der Waals surface area contributed by atoms with Crippen molar-refractivity contribution in [1.82, 2.24) is 19.9 Å². The molecule has 8 bridgehead atoms. The van der Waals surface area contributed by atoms with E-state index < -0.39 is 0 Å². The molecule has 2 aliphatic rings. The summed E-state index contributed by atoms with van der Waals surface area (Å²) in [7, 11) is 0. The molecule has 0 aliphatic carbocycles. The van der Waals surface area contributed by atoms with E-state index in [4.69, 9.17) is 21.6 Å². The van der Waals surface area contributed by atoms with Crippen molar-refractivity contribution in [3.63, 3.8) is 0 Å². The van der Waals surface area contributed by atoms with Crippen LogP contribution in [-0.4, -0.2) is 19.9 Å². The molecule has 4 nitrogen and oxygen atoms in total. The Hall–Kier alpha value is -6.23. The van der Waals surface area contributed by atoms with Crippen LogP contribution in [0, 0.1) is 0 Å². The Bertz CT molecular complexity index is 2580. The van der Waals surface area contributed by atoms with Crippen molar-refractivity contribution in [2.75, 3.05) is 0 Å². The second-order valence-electron chi connectivity index (χ2n) is 12.1. The average molecular weight is 649 g/mol. The van der Waals surface area contributed by atoms with Gasteiger partial charge in [0.25, 0.3) is 0 Å². The number of hydrogen-bond donors (Lipinski definition) is 2. The van der Waals surface area contributed by atoms with Gasteiger partial charge in [-0.2, -0.15) is 0 Å². The van der Waals surface area contributed by atoms with E-state index in [0.29, 0.717) is 10.7 Å². The molecule has 3 aromatic heterocycles. The standard InChI is InChI=1S/C44H29ClN4/c45-42-37-27-35-24-22-33(47-35)25-32-21-23-34(46-32)26-36-38(28-13-5-1-6-14-28)39(29-15-7-2-8-16-29)43(48-36)41(31-19-11-4-12-20-31)44(49-37)40(42)30-17-9-3-10-18-30/h1-27,47-48H. The molecule has 0 saturated carbocycles. The lowest BCUT2D eigenvalue weighted by Crippen LogP contribution is -1.93. The number of halogens is 1. The van der Waals surface area contributed by atoms with Crippen LogP contribution in [0.2, 0.25) is 0 Å². The molecule has 232 valence electrons. The molecule has 0 amide bonds. The molecule has 9 rings (SSSR count). The van der Waals surface area contributed by atoms with Crippen LogP contribution >= 0.6 is 11.6 Å². The normalized spacial score (nSPS) is 12.4. The van der Waals surface area contributed by atoms with E-state index in [2.05, 4.69) is 131 Å². The third-order valence-corrected chi connectivity index (χ3v) is 9.36. The number of nitrogens with one attached hydrogen (secondary N) is 2. The van der Waals surface area contributed by atoms with E-state index in [1.807, 2.05) is 42.5 Å². The van der Waals surface area contributed by atoms with Crippen molar-refractivity contribution in [3.05, 3.63) is 180 Å². The van der Waals surface area contributed by atoms with Crippen LogP contribution in [0.1, 0.15) is 28.3 Å². The Morgan fingerprint density at radius 3 is 1.57 bits per heavy atom. The highest BCUT2D eigenvalue weighted by molar-refractivity contribution is 6.54. The Balaban J connectivity index is 1.56. The average Bonchev–Trinajstić information content (AvgIpc) is 3.94. The van der Waals surface area contributed by atoms with E-state index in [0.717, 1.165) is 83.7 Å². The maximum absolute atomic E-state index is 7.40. The summed E-state index contributed by atoms with van der Waals surface area (Å²) in [5, 5.41) is 0.601. The van der Waals surface area contributed by atoms with Crippen LogP contribution in [-0.2, 0) is 0 Å². The van der Waals surface area contributed by atoms with E-state index >= 15 is 0 Å². The van der Waals surface area contributed by atoms with Gasteiger partial charge in [-0.25, -0.2) is 9.97 Å². The van der Waals surface area contributed by atoms with Crippen LogP contribution in [0.15, 0.2) is 152 Å². The first-order valence-corrected chi connectivity index (χ1v) is 16.7. The summed E-state index contributed by atoms with van der Waals surface area (Å²) < 4.78 is 0. The van der Waals surface area contributed by atoms with Crippen LogP contribution in [0.5, 0.6) is 0 Å². The molecule has 49 heavy (non-hydrogen) atoms. The summed E-state index contributed by atoms with van der Waals surface area (Å²) in [5.41, 5.74) is 15.2. The molecule has 4 aromatic carbocycles. The van der Waals surface area contributed by atoms with Gasteiger partial charge in [-0.15, -0.1) is 0 Å². The minimum absolute atomic E-state index is 0.601. The second-order valence-corrected chi connectivity index (χ2v) is 12.5. The van der Waals surface area contributed by atoms with Gasteiger partial charge in [0.15, 0.2) is 0 Å². The van der Waals surface area contributed by atoms with E-state index in [9.17, 15) is 0 Å². The highest BCUT2D eigenvalue weighted by atomic mass is 35.5. The quantitative estimate of drug-likeness (QED) is 0.199. The fourth-order valence-corrected chi connectivity index (χ4v) is 7.12. The fourth-order valence-electron chi connectivity index (χ4n) is 6.83. The lowest BCUT2D eigenvalue weighted by Gasteiger charge is -2.12. The molecule has 0 atom stereocenters. The number of aromatic nitrogens is 4. The molecule has 5 heterocycles. The number of aromatic amines is 2. The largest absolute Gasteiger partial charge is 0.355 e. The summed E-state index contributed by atoms with van der Waals surface area (Å²) in [5.74, 6) is 0. The Kier molecular flexibility index (Phi) is 7.15. The molecule has 0 unspecified atom stereocenters. The molecule has 7 aromatic rings. The SMILES string of the molecule is ClC1=C(c2ccccc2)c2nc1cc1ccc(cc3nc(cc4[nH]c(c2-c2ccccc2)c(-c2ccccc2)c4-c2ccccc2)C=C3)[nH]1. The highest BCUT2D eigenvalue weighted by Crippen LogP contribution is 2.47. The maximum atomic E-state index is 7.40. The maximum Gasteiger partial charge on any atom is 0.0851 e. The van der Waals surface area contributed by atoms with Gasteiger partial charge in [0.05, 0.1) is 33.3 Å². The number of nitrogens with zero attached hydrogens (tertiary/aromatic N) is 2. The molecule has 2 aliphatic heterocycles. The van der Waals surface area contributed by atoms with E-state index in [1.165, 1.54) is 0 Å². The Labute approximate surface area is 288 Å². The third-order valence-electron chi connectivity index (χ3n) is 8.98. The third kappa shape index (κ3) is 5.29. The molecular formula is C44H29ClN4. The van der Waals surface area contributed by atoms with E-state index in [-0.39, 0.29) is 0 Å². The van der Waals surface area contributed by atoms with Crippen molar-refractivity contribution in [2.24, 2.45) is 0 Å². The second kappa shape index (κ2) is 12.1. The predicted molar refractivity (Wildman–Crippen MR) is 204 cm³/mol. The first-order valence-electron chi connectivity index (χ1n) is 16.3. The van der Waals surface area contributed by atoms with Gasteiger partial charge in [-0.1, -0.05) is 133 Å². The number of H-pyrrole nitrogens is 2. The summed E-state index contributed by atoms with van der Waals surface area (Å²) in [6.45, 7) is 0. The van der Waals surface area contributed by atoms with E-state index in [1.54, 1.807) is 0 Å². The molecule has 0 radical (unpaired) electrons. The molecule has 2 N–H and O–H groups in total. The van der Waals surface area contributed by atoms with Gasteiger partial charge in [0, 0.05) is 38.8 Å². The zero-order chi connectivity index (χ0) is 32.7. The van der Waals surface area contributed by atoms with Crippen molar-refractivity contribution in [1.29, 1.82) is 0 Å². The molecule has 0 fully saturated rings. The number of fused-ring (bicyclic) bond motifs is 8. The van der Waals surface area contributed by atoms with Crippen LogP contribution in [0.25, 0.3) is 78.2 Å². The summed E-state index contributed by atoms with van der Waals surface area (Å²) in [6, 6.07) is 52.3. The molecule has 5 heteroatoms. The van der Waals surface area contributed by atoms with Gasteiger partial charge in [0.2, 0.25) is 0 Å². The van der Waals surface area contributed by atoms with Crippen LogP contribution in [0.4, 0.5) is 0 Å². The zero-order valence-corrected chi connectivity index (χ0v) is 27.1. The molecular weight excluding hydrogens is 620 g/mol. The van der Waals surface area contributed by atoms with Gasteiger partial charge in [0.1, 0.15) is 0 Å². The summed E-state index contributed by atoms with van der Waals surface area (Å²) in [6.07, 6.45) is 4.12. The summed E-state index contributed by atoms with van der Waals surface area (Å²) in [4.78, 5) is 17.8. The van der Waals surface area contributed by atoms with Crippen molar-refractivity contribution in [3.8, 4) is 33.4 Å². The van der Waals surface area contributed by atoms with Gasteiger partial charge < -0.3 is 9.97 Å². The predicted octanol–water partition coefficient (Wildman–Crippen LogP) is 11.6. The van der Waals surface area contributed by atoms with Crippen molar-refractivity contribution in [2.45, 2.75) is 0 Å². The minimum Gasteiger partial charge on any atom is -0.355 e. The minimum atomic E-state index is 0.601. The van der Waals surface area contributed by atoms with Crippen LogP contribution in [0.3, 0.4) is 0 Å². The smallest absolute Gasteiger partial charge is 0.0851 e. The number of rotatable bonds is 4. The highest BCUT2D eigenvalue weighted by Gasteiger charge is 2.27. The first kappa shape index (κ1) is 29.0. The van der Waals surface area contributed by atoms with Crippen LogP contribution < -0.4 is 0 Å². The lowest BCUT2D eigenvalue weighted by atomic mass is 9.91. The number of hydrogen-bond acceptors (Lipinski definition) is 2. The summed E-state index contributed by atoms with van der Waals surface area (Å²) >= 11 is 7.40. The molecule has 0 saturated heterocycles. The number of benzene rings is 4. The van der Waals surface area contributed by atoms with Crippen molar-refractivity contribution >= 4 is 56.4 Å². The van der Waals surface area contributed by atoms with Gasteiger partial charge in [-0.3, -0.25) is 0 Å². The monoisotopic (exact) mass is 648 g/mol. The van der Waals surface area contributed by atoms with Crippen molar-refractivity contribution < 1.29 is 0 Å². The Morgan fingerprint density at radius 2 is 0.959 bits per heavy atom. The Morgan fingerprint density at radius 1 is 0.449 bits per heavy atom. The molecule has 0 spiro atoms. The first-order chi connectivity index (χ1) is 24.2. The topological polar surface area (TPSA) is 57.4 Å². The lowest BCUT2D eigenvalue weighted by molar-refractivity contribution is 1.30. The zero-order valence-electron chi connectivity index (χ0n) is 26.4.